The highest BCUT2D eigenvalue weighted by molar-refractivity contribution is 7.16. The third-order valence-corrected chi connectivity index (χ3v) is 6.82. The minimum atomic E-state index is -0.424. The molecule has 0 spiro atoms. The van der Waals surface area contributed by atoms with Gasteiger partial charge in [-0.05, 0) is 38.1 Å². The summed E-state index contributed by atoms with van der Waals surface area (Å²) in [6.45, 7) is 4.91. The number of thiazole rings is 2. The van der Waals surface area contributed by atoms with Crippen LogP contribution in [0.2, 0.25) is 0 Å². The number of hydrogen-bond donors (Lipinski definition) is 0. The number of hydrogen-bond acceptors (Lipinski definition) is 5. The van der Waals surface area contributed by atoms with Crippen molar-refractivity contribution in [3.05, 3.63) is 58.1 Å². The standard InChI is InChI=1S/C22H22N4O3S2/c1-3-25-15-9-5-7-11-17(15)30-21(25)23-19(27)13-29-14-20(28)24-22-26(4-2)16-10-6-8-12-18(16)31-22/h5-12H,3-4,13-14H2,1-2H3. The number of fused-ring (bicyclic) bond motifs is 2. The molecule has 0 radical (unpaired) electrons. The second-order valence-electron chi connectivity index (χ2n) is 6.70. The van der Waals surface area contributed by atoms with E-state index < -0.39 is 11.8 Å². The lowest BCUT2D eigenvalue weighted by Gasteiger charge is -2.01. The van der Waals surface area contributed by atoms with Crippen LogP contribution in [0.5, 0.6) is 0 Å². The van der Waals surface area contributed by atoms with E-state index in [9.17, 15) is 9.59 Å². The number of rotatable bonds is 6. The molecule has 9 heteroatoms. The maximum Gasteiger partial charge on any atom is 0.274 e. The topological polar surface area (TPSA) is 78.0 Å². The van der Waals surface area contributed by atoms with Crippen molar-refractivity contribution in [3.8, 4) is 0 Å². The highest BCUT2D eigenvalue weighted by Crippen LogP contribution is 2.17. The summed E-state index contributed by atoms with van der Waals surface area (Å²) in [5, 5.41) is 0. The van der Waals surface area contributed by atoms with Gasteiger partial charge in [-0.25, -0.2) is 0 Å². The van der Waals surface area contributed by atoms with Gasteiger partial charge in [0.05, 0.1) is 20.4 Å². The quantitative estimate of drug-likeness (QED) is 0.448. The van der Waals surface area contributed by atoms with E-state index in [1.54, 1.807) is 0 Å². The summed E-state index contributed by atoms with van der Waals surface area (Å²) in [4.78, 5) is 34.2. The molecule has 2 aromatic carbocycles. The van der Waals surface area contributed by atoms with E-state index in [-0.39, 0.29) is 13.2 Å². The number of carbonyl (C=O) groups is 2. The van der Waals surface area contributed by atoms with Gasteiger partial charge in [0, 0.05) is 13.1 Å². The van der Waals surface area contributed by atoms with Crippen LogP contribution in [0.4, 0.5) is 0 Å². The van der Waals surface area contributed by atoms with Crippen LogP contribution in [0.1, 0.15) is 13.8 Å². The normalized spacial score (nSPS) is 12.8. The first-order chi connectivity index (χ1) is 15.1. The first-order valence-electron chi connectivity index (χ1n) is 10.00. The highest BCUT2D eigenvalue weighted by atomic mass is 32.1. The van der Waals surface area contributed by atoms with Crippen molar-refractivity contribution in [1.82, 2.24) is 9.13 Å². The van der Waals surface area contributed by atoms with Gasteiger partial charge in [-0.15, -0.1) is 0 Å². The van der Waals surface area contributed by atoms with Gasteiger partial charge in [-0.1, -0.05) is 46.9 Å². The van der Waals surface area contributed by atoms with Gasteiger partial charge in [-0.3, -0.25) is 9.59 Å². The van der Waals surface area contributed by atoms with Crippen molar-refractivity contribution >= 4 is 54.9 Å². The Morgan fingerprint density at radius 3 is 1.61 bits per heavy atom. The third-order valence-electron chi connectivity index (χ3n) is 4.70. The van der Waals surface area contributed by atoms with Crippen molar-refractivity contribution in [2.45, 2.75) is 26.9 Å². The van der Waals surface area contributed by atoms with Crippen molar-refractivity contribution in [3.63, 3.8) is 0 Å². The molecule has 0 aliphatic heterocycles. The first kappa shape index (κ1) is 21.4. The number of carbonyl (C=O) groups excluding carboxylic acids is 2. The summed E-state index contributed by atoms with van der Waals surface area (Å²) in [6, 6.07) is 15.9. The number of aryl methyl sites for hydroxylation is 2. The molecule has 0 unspecified atom stereocenters. The molecule has 0 aliphatic rings. The molecule has 0 saturated heterocycles. The maximum absolute atomic E-state index is 12.3. The van der Waals surface area contributed by atoms with Crippen molar-refractivity contribution in [2.75, 3.05) is 13.2 Å². The van der Waals surface area contributed by atoms with Crippen molar-refractivity contribution < 1.29 is 14.3 Å². The van der Waals surface area contributed by atoms with Crippen LogP contribution in [-0.2, 0) is 27.4 Å². The number of ether oxygens (including phenoxy) is 1. The van der Waals surface area contributed by atoms with Gasteiger partial charge in [0.25, 0.3) is 11.8 Å². The molecule has 0 N–H and O–H groups in total. The predicted molar refractivity (Wildman–Crippen MR) is 123 cm³/mol. The fourth-order valence-electron chi connectivity index (χ4n) is 3.33. The van der Waals surface area contributed by atoms with E-state index in [0.29, 0.717) is 22.7 Å². The molecule has 0 fully saturated rings. The van der Waals surface area contributed by atoms with E-state index in [4.69, 9.17) is 4.74 Å². The highest BCUT2D eigenvalue weighted by Gasteiger charge is 2.09. The fourth-order valence-corrected chi connectivity index (χ4v) is 5.55. The summed E-state index contributed by atoms with van der Waals surface area (Å²) in [5.41, 5.74) is 2.09. The van der Waals surface area contributed by atoms with E-state index in [0.717, 1.165) is 20.4 Å². The fraction of sp³-hybridized carbons (Fsp3) is 0.273. The minimum Gasteiger partial charge on any atom is -0.362 e. The SMILES string of the molecule is CCn1c(=NC(=O)COCC(=O)N=c2sc3ccccc3n2CC)sc2ccccc21. The molecule has 2 aromatic heterocycles. The molecule has 0 atom stereocenters. The zero-order valence-electron chi connectivity index (χ0n) is 17.3. The Labute approximate surface area is 186 Å². The van der Waals surface area contributed by atoms with Crippen molar-refractivity contribution in [2.24, 2.45) is 9.98 Å². The third kappa shape index (κ3) is 4.58. The van der Waals surface area contributed by atoms with Crippen LogP contribution in [0, 0.1) is 0 Å². The van der Waals surface area contributed by atoms with E-state index in [2.05, 4.69) is 9.98 Å². The summed E-state index contributed by atoms with van der Waals surface area (Å²) in [6.07, 6.45) is 0. The summed E-state index contributed by atoms with van der Waals surface area (Å²) >= 11 is 2.91. The lowest BCUT2D eigenvalue weighted by Crippen LogP contribution is -2.20. The van der Waals surface area contributed by atoms with Gasteiger partial charge in [0.2, 0.25) is 0 Å². The molecule has 4 rings (SSSR count). The second-order valence-corrected chi connectivity index (χ2v) is 8.72. The molecule has 160 valence electrons. The molecule has 31 heavy (non-hydrogen) atoms. The molecular formula is C22H22N4O3S2. The number of amides is 2. The number of para-hydroxylation sites is 2. The van der Waals surface area contributed by atoms with Crippen LogP contribution in [0.25, 0.3) is 20.4 Å². The molecule has 7 nitrogen and oxygen atoms in total. The van der Waals surface area contributed by atoms with Gasteiger partial charge in [-0.2, -0.15) is 9.98 Å². The predicted octanol–water partition coefficient (Wildman–Crippen LogP) is 3.33. The summed E-state index contributed by atoms with van der Waals surface area (Å²) < 4.78 is 11.4. The van der Waals surface area contributed by atoms with E-state index >= 15 is 0 Å². The second kappa shape index (κ2) is 9.51. The molecule has 2 heterocycles. The molecule has 2 amide bonds. The van der Waals surface area contributed by atoms with Gasteiger partial charge in [0.1, 0.15) is 13.2 Å². The molecule has 0 saturated carbocycles. The van der Waals surface area contributed by atoms with Crippen LogP contribution < -0.4 is 9.60 Å². The van der Waals surface area contributed by atoms with Gasteiger partial charge in [0.15, 0.2) is 9.60 Å². The molecule has 4 aromatic rings. The van der Waals surface area contributed by atoms with Crippen LogP contribution >= 0.6 is 22.7 Å². The largest absolute Gasteiger partial charge is 0.362 e. The minimum absolute atomic E-state index is 0.264. The van der Waals surface area contributed by atoms with Crippen LogP contribution in [0.15, 0.2) is 58.5 Å². The smallest absolute Gasteiger partial charge is 0.274 e. The summed E-state index contributed by atoms with van der Waals surface area (Å²) in [5.74, 6) is -0.848. The van der Waals surface area contributed by atoms with E-state index in [1.807, 2.05) is 71.5 Å². The summed E-state index contributed by atoms with van der Waals surface area (Å²) in [7, 11) is 0. The Kier molecular flexibility index (Phi) is 6.55. The Balaban J connectivity index is 1.44. The van der Waals surface area contributed by atoms with Crippen molar-refractivity contribution in [1.29, 1.82) is 0 Å². The number of aromatic nitrogens is 2. The number of nitrogens with zero attached hydrogens (tertiary/aromatic N) is 4. The average molecular weight is 455 g/mol. The van der Waals surface area contributed by atoms with Gasteiger partial charge >= 0.3 is 0 Å². The molecule has 0 bridgehead atoms. The zero-order valence-corrected chi connectivity index (χ0v) is 18.9. The van der Waals surface area contributed by atoms with Gasteiger partial charge < -0.3 is 13.9 Å². The lowest BCUT2D eigenvalue weighted by molar-refractivity contribution is -0.127. The van der Waals surface area contributed by atoms with E-state index in [1.165, 1.54) is 22.7 Å². The number of benzene rings is 2. The Hall–Kier alpha value is -2.88. The van der Waals surface area contributed by atoms with Crippen LogP contribution in [0.3, 0.4) is 0 Å². The Bertz CT molecular complexity index is 1290. The maximum atomic E-state index is 12.3. The molecule has 0 aliphatic carbocycles. The Morgan fingerprint density at radius 1 is 0.774 bits per heavy atom. The molecular weight excluding hydrogens is 432 g/mol. The lowest BCUT2D eigenvalue weighted by atomic mass is 10.3. The van der Waals surface area contributed by atoms with Crippen LogP contribution in [-0.4, -0.2) is 34.2 Å². The monoisotopic (exact) mass is 454 g/mol. The Morgan fingerprint density at radius 2 is 1.19 bits per heavy atom. The zero-order chi connectivity index (χ0) is 21.8. The average Bonchev–Trinajstić information content (AvgIpc) is 3.29. The first-order valence-corrected chi connectivity index (χ1v) is 11.6.